The second kappa shape index (κ2) is 8.70. The number of nitrogens with zero attached hydrogens (tertiary/aromatic N) is 2. The molecule has 4 aromatic rings. The summed E-state index contributed by atoms with van der Waals surface area (Å²) in [5.74, 6) is 0.862. The van der Waals surface area contributed by atoms with E-state index in [9.17, 15) is 4.79 Å². The zero-order valence-corrected chi connectivity index (χ0v) is 16.5. The highest BCUT2D eigenvalue weighted by Gasteiger charge is 2.11. The number of ether oxygens (including phenoxy) is 2. The molecular formula is C22H18N2O4S. The fourth-order valence-corrected chi connectivity index (χ4v) is 3.26. The van der Waals surface area contributed by atoms with Crippen molar-refractivity contribution in [3.05, 3.63) is 88.0 Å². The number of hydrogen-bond acceptors (Lipinski definition) is 7. The van der Waals surface area contributed by atoms with Crippen LogP contribution in [0, 0.1) is 6.92 Å². The number of esters is 1. The number of hydrogen-bond donors (Lipinski definition) is 0. The third kappa shape index (κ3) is 4.89. The standard InChI is InChI=1S/C22H18N2O4S/c1-15-23-19(14-29-15)13-26-20-9-7-17(8-10-20)22(25)27-12-18-11-21(28-24-18)16-5-3-2-4-6-16/h2-11,14H,12-13H2,1H3. The number of carbonyl (C=O) groups excluding carboxylic acids is 1. The second-order valence-electron chi connectivity index (χ2n) is 6.30. The SMILES string of the molecule is Cc1nc(COc2ccc(C(=O)OCc3cc(-c4ccccc4)on3)cc2)cs1. The monoisotopic (exact) mass is 406 g/mol. The van der Waals surface area contributed by atoms with Gasteiger partial charge in [-0.25, -0.2) is 9.78 Å². The molecule has 0 fully saturated rings. The summed E-state index contributed by atoms with van der Waals surface area (Å²) >= 11 is 1.59. The number of rotatable bonds is 7. The van der Waals surface area contributed by atoms with E-state index in [4.69, 9.17) is 14.0 Å². The summed E-state index contributed by atoms with van der Waals surface area (Å²) in [6.45, 7) is 2.39. The van der Waals surface area contributed by atoms with E-state index in [1.165, 1.54) is 0 Å². The van der Waals surface area contributed by atoms with Crippen molar-refractivity contribution < 1.29 is 18.8 Å². The van der Waals surface area contributed by atoms with Crippen LogP contribution in [0.3, 0.4) is 0 Å². The smallest absolute Gasteiger partial charge is 0.338 e. The van der Waals surface area contributed by atoms with Crippen molar-refractivity contribution >= 4 is 17.3 Å². The van der Waals surface area contributed by atoms with Gasteiger partial charge in [0, 0.05) is 17.0 Å². The lowest BCUT2D eigenvalue weighted by Crippen LogP contribution is -2.05. The van der Waals surface area contributed by atoms with Gasteiger partial charge in [0.1, 0.15) is 24.7 Å². The molecule has 4 rings (SSSR count). The van der Waals surface area contributed by atoms with Crippen LogP contribution in [-0.2, 0) is 18.0 Å². The highest BCUT2D eigenvalue weighted by Crippen LogP contribution is 2.20. The van der Waals surface area contributed by atoms with Crippen LogP contribution in [0.2, 0.25) is 0 Å². The maximum atomic E-state index is 12.3. The molecule has 2 aromatic carbocycles. The highest BCUT2D eigenvalue weighted by molar-refractivity contribution is 7.09. The van der Waals surface area contributed by atoms with Crippen molar-refractivity contribution in [2.75, 3.05) is 0 Å². The molecular weight excluding hydrogens is 388 g/mol. The van der Waals surface area contributed by atoms with Gasteiger partial charge in [0.15, 0.2) is 5.76 Å². The third-order valence-electron chi connectivity index (χ3n) is 4.11. The zero-order chi connectivity index (χ0) is 20.1. The minimum atomic E-state index is -0.434. The Bertz CT molecular complexity index is 1090. The maximum Gasteiger partial charge on any atom is 0.338 e. The molecule has 0 atom stereocenters. The summed E-state index contributed by atoms with van der Waals surface area (Å²) in [4.78, 5) is 16.6. The molecule has 0 aliphatic heterocycles. The Morgan fingerprint density at radius 3 is 2.55 bits per heavy atom. The molecule has 7 heteroatoms. The van der Waals surface area contributed by atoms with Gasteiger partial charge in [0.05, 0.1) is 16.3 Å². The van der Waals surface area contributed by atoms with Gasteiger partial charge in [-0.05, 0) is 31.2 Å². The lowest BCUT2D eigenvalue weighted by Gasteiger charge is -2.06. The minimum Gasteiger partial charge on any atom is -0.487 e. The van der Waals surface area contributed by atoms with Gasteiger partial charge in [0.25, 0.3) is 0 Å². The van der Waals surface area contributed by atoms with Crippen LogP contribution in [0.25, 0.3) is 11.3 Å². The molecule has 0 saturated heterocycles. The number of aromatic nitrogens is 2. The van der Waals surface area contributed by atoms with E-state index in [1.807, 2.05) is 42.6 Å². The first-order valence-electron chi connectivity index (χ1n) is 8.99. The van der Waals surface area contributed by atoms with Crippen molar-refractivity contribution in [3.8, 4) is 17.1 Å². The van der Waals surface area contributed by atoms with Crippen LogP contribution >= 0.6 is 11.3 Å². The van der Waals surface area contributed by atoms with Gasteiger partial charge < -0.3 is 14.0 Å². The van der Waals surface area contributed by atoms with Crippen molar-refractivity contribution in [1.82, 2.24) is 10.1 Å². The number of carbonyl (C=O) groups is 1. The molecule has 146 valence electrons. The third-order valence-corrected chi connectivity index (χ3v) is 4.93. The Morgan fingerprint density at radius 1 is 1.03 bits per heavy atom. The van der Waals surface area contributed by atoms with E-state index in [0.29, 0.717) is 29.4 Å². The fraction of sp³-hybridized carbons (Fsp3) is 0.136. The Hall–Kier alpha value is -3.45. The average Bonchev–Trinajstić information content (AvgIpc) is 3.40. The molecule has 0 radical (unpaired) electrons. The molecule has 0 saturated carbocycles. The topological polar surface area (TPSA) is 74.5 Å². The number of aryl methyl sites for hydroxylation is 1. The van der Waals surface area contributed by atoms with E-state index in [1.54, 1.807) is 41.7 Å². The Morgan fingerprint density at radius 2 is 1.83 bits per heavy atom. The van der Waals surface area contributed by atoms with Gasteiger partial charge in [-0.3, -0.25) is 0 Å². The molecule has 0 N–H and O–H groups in total. The summed E-state index contributed by atoms with van der Waals surface area (Å²) in [5, 5.41) is 6.92. The van der Waals surface area contributed by atoms with Crippen molar-refractivity contribution in [1.29, 1.82) is 0 Å². The second-order valence-corrected chi connectivity index (χ2v) is 7.36. The van der Waals surface area contributed by atoms with Crippen LogP contribution in [-0.4, -0.2) is 16.1 Å². The summed E-state index contributed by atoms with van der Waals surface area (Å²) in [6, 6.07) is 18.2. The van der Waals surface area contributed by atoms with Crippen LogP contribution in [0.15, 0.2) is 70.6 Å². The average molecular weight is 406 g/mol. The lowest BCUT2D eigenvalue weighted by molar-refractivity contribution is 0.0464. The predicted molar refractivity (Wildman–Crippen MR) is 109 cm³/mol. The first-order chi connectivity index (χ1) is 14.2. The van der Waals surface area contributed by atoms with Gasteiger partial charge in [0.2, 0.25) is 0 Å². The van der Waals surface area contributed by atoms with E-state index in [2.05, 4.69) is 10.1 Å². The first kappa shape index (κ1) is 18.9. The molecule has 0 aliphatic carbocycles. The van der Waals surface area contributed by atoms with Gasteiger partial charge >= 0.3 is 5.97 Å². The molecule has 0 bridgehead atoms. The van der Waals surface area contributed by atoms with Crippen LogP contribution in [0.4, 0.5) is 0 Å². The number of benzene rings is 2. The molecule has 0 aliphatic rings. The van der Waals surface area contributed by atoms with Crippen LogP contribution in [0.5, 0.6) is 5.75 Å². The minimum absolute atomic E-state index is 0.0383. The van der Waals surface area contributed by atoms with Crippen molar-refractivity contribution in [2.24, 2.45) is 0 Å². The molecule has 0 spiro atoms. The largest absolute Gasteiger partial charge is 0.487 e. The highest BCUT2D eigenvalue weighted by atomic mass is 32.1. The zero-order valence-electron chi connectivity index (χ0n) is 15.7. The normalized spacial score (nSPS) is 10.7. The molecule has 6 nitrogen and oxygen atoms in total. The molecule has 2 heterocycles. The first-order valence-corrected chi connectivity index (χ1v) is 9.87. The maximum absolute atomic E-state index is 12.3. The van der Waals surface area contributed by atoms with Gasteiger partial charge in [-0.15, -0.1) is 11.3 Å². The predicted octanol–water partition coefficient (Wildman–Crippen LogP) is 5.04. The molecule has 2 aromatic heterocycles. The Balaban J connectivity index is 1.30. The van der Waals surface area contributed by atoms with Crippen molar-refractivity contribution in [2.45, 2.75) is 20.1 Å². The molecule has 0 amide bonds. The summed E-state index contributed by atoms with van der Waals surface area (Å²) in [6.07, 6.45) is 0. The molecule has 29 heavy (non-hydrogen) atoms. The Labute approximate surface area is 171 Å². The fourth-order valence-electron chi connectivity index (χ4n) is 2.66. The van der Waals surface area contributed by atoms with Crippen molar-refractivity contribution in [3.63, 3.8) is 0 Å². The Kier molecular flexibility index (Phi) is 5.67. The van der Waals surface area contributed by atoms with E-state index >= 15 is 0 Å². The summed E-state index contributed by atoms with van der Waals surface area (Å²) in [5.41, 5.74) is 2.80. The molecule has 0 unspecified atom stereocenters. The van der Waals surface area contributed by atoms with Gasteiger partial charge in [-0.1, -0.05) is 35.5 Å². The van der Waals surface area contributed by atoms with E-state index in [0.717, 1.165) is 16.3 Å². The number of thiazole rings is 1. The lowest BCUT2D eigenvalue weighted by atomic mass is 10.2. The van der Waals surface area contributed by atoms with Gasteiger partial charge in [-0.2, -0.15) is 0 Å². The summed E-state index contributed by atoms with van der Waals surface area (Å²) < 4.78 is 16.3. The van der Waals surface area contributed by atoms with E-state index in [-0.39, 0.29) is 6.61 Å². The van der Waals surface area contributed by atoms with Crippen LogP contribution < -0.4 is 4.74 Å². The van der Waals surface area contributed by atoms with E-state index < -0.39 is 5.97 Å². The summed E-state index contributed by atoms with van der Waals surface area (Å²) in [7, 11) is 0. The quantitative estimate of drug-likeness (QED) is 0.400. The van der Waals surface area contributed by atoms with Crippen LogP contribution in [0.1, 0.15) is 26.8 Å².